The molecule has 0 bridgehead atoms. The quantitative estimate of drug-likeness (QED) is 0.662. The molecule has 0 unspecified atom stereocenters. The first-order chi connectivity index (χ1) is 11.2. The Morgan fingerprint density at radius 1 is 1.22 bits per heavy atom. The van der Waals surface area contributed by atoms with Gasteiger partial charge in [-0.1, -0.05) is 35.9 Å². The number of fused-ring (bicyclic) bond motifs is 1. The zero-order valence-electron chi connectivity index (χ0n) is 13.3. The Morgan fingerprint density at radius 3 is 2.83 bits per heavy atom. The monoisotopic (exact) mass is 307 g/mol. The summed E-state index contributed by atoms with van der Waals surface area (Å²) in [4.78, 5) is 0. The molecule has 3 rings (SSSR count). The third kappa shape index (κ3) is 4.13. The molecule has 0 fully saturated rings. The van der Waals surface area contributed by atoms with E-state index < -0.39 is 0 Å². The van der Waals surface area contributed by atoms with E-state index >= 15 is 0 Å². The number of aromatic nitrogens is 2. The maximum atomic E-state index is 5.77. The molecule has 0 amide bonds. The maximum Gasteiger partial charge on any atom is 0.234 e. The summed E-state index contributed by atoms with van der Waals surface area (Å²) in [5, 5.41) is 7.84. The second-order valence-corrected chi connectivity index (χ2v) is 5.68. The summed E-state index contributed by atoms with van der Waals surface area (Å²) in [6.45, 7) is 7.34. The Kier molecular flexibility index (Phi) is 4.62. The molecular weight excluding hydrogens is 286 g/mol. The van der Waals surface area contributed by atoms with E-state index in [1.807, 2.05) is 60.1 Å². The first kappa shape index (κ1) is 15.2. The minimum atomic E-state index is 0.522. The summed E-state index contributed by atoms with van der Waals surface area (Å²) < 4.78 is 7.60. The molecule has 0 aliphatic rings. The molecule has 0 spiro atoms. The number of anilines is 1. The normalized spacial score (nSPS) is 10.7. The zero-order chi connectivity index (χ0) is 16.1. The fourth-order valence-corrected chi connectivity index (χ4v) is 2.29. The van der Waals surface area contributed by atoms with E-state index in [4.69, 9.17) is 4.74 Å². The van der Waals surface area contributed by atoms with Gasteiger partial charge in [0, 0.05) is 12.6 Å². The highest BCUT2D eigenvalue weighted by molar-refractivity contribution is 5.55. The Labute approximate surface area is 136 Å². The lowest BCUT2D eigenvalue weighted by molar-refractivity contribution is 0.292. The number of nitrogens with one attached hydrogen (secondary N) is 1. The molecule has 4 nitrogen and oxygen atoms in total. The fraction of sp³-hybridized carbons (Fsp3) is 0.211. The number of hydrogen-bond donors (Lipinski definition) is 1. The maximum absolute atomic E-state index is 5.77. The van der Waals surface area contributed by atoms with Crippen molar-refractivity contribution in [1.82, 2.24) is 9.61 Å². The average molecular weight is 307 g/mol. The van der Waals surface area contributed by atoms with Gasteiger partial charge in [0.05, 0.1) is 17.4 Å². The van der Waals surface area contributed by atoms with Crippen LogP contribution in [-0.2, 0) is 6.61 Å². The van der Waals surface area contributed by atoms with Crippen LogP contribution in [0.5, 0.6) is 5.88 Å². The van der Waals surface area contributed by atoms with Crippen LogP contribution in [0.4, 0.5) is 5.69 Å². The lowest BCUT2D eigenvalue weighted by atomic mass is 10.2. The molecule has 2 aromatic heterocycles. The van der Waals surface area contributed by atoms with Crippen molar-refractivity contribution in [2.24, 2.45) is 0 Å². The summed E-state index contributed by atoms with van der Waals surface area (Å²) in [5.74, 6) is 0.632. The van der Waals surface area contributed by atoms with Crippen LogP contribution in [0, 0.1) is 0 Å². The minimum absolute atomic E-state index is 0.522. The highest BCUT2D eigenvalue weighted by atomic mass is 16.5. The van der Waals surface area contributed by atoms with Gasteiger partial charge in [-0.2, -0.15) is 0 Å². The molecule has 0 aliphatic heterocycles. The van der Waals surface area contributed by atoms with Crippen LogP contribution >= 0.6 is 0 Å². The molecule has 4 heteroatoms. The van der Waals surface area contributed by atoms with Crippen LogP contribution < -0.4 is 10.1 Å². The predicted octanol–water partition coefficient (Wildman–Crippen LogP) is 4.29. The van der Waals surface area contributed by atoms with Crippen molar-refractivity contribution >= 4 is 11.2 Å². The third-order valence-electron chi connectivity index (χ3n) is 3.55. The summed E-state index contributed by atoms with van der Waals surface area (Å²) in [7, 11) is 0. The van der Waals surface area contributed by atoms with Crippen molar-refractivity contribution in [3.8, 4) is 5.88 Å². The molecule has 1 aromatic carbocycles. The summed E-state index contributed by atoms with van der Waals surface area (Å²) in [6.07, 6.45) is 2.94. The molecule has 0 saturated carbocycles. The van der Waals surface area contributed by atoms with Gasteiger partial charge in [0.2, 0.25) is 5.88 Å². The van der Waals surface area contributed by atoms with Crippen molar-refractivity contribution in [3.05, 3.63) is 72.4 Å². The van der Waals surface area contributed by atoms with Gasteiger partial charge in [0.1, 0.15) is 6.61 Å². The molecule has 23 heavy (non-hydrogen) atoms. The average Bonchev–Trinajstić information content (AvgIpc) is 2.96. The molecule has 118 valence electrons. The molecule has 3 aromatic rings. The topological polar surface area (TPSA) is 38.6 Å². The van der Waals surface area contributed by atoms with Gasteiger partial charge in [0.15, 0.2) is 0 Å². The van der Waals surface area contributed by atoms with Crippen LogP contribution in [-0.4, -0.2) is 16.2 Å². The summed E-state index contributed by atoms with van der Waals surface area (Å²) in [6, 6.07) is 16.1. The highest BCUT2D eigenvalue weighted by Gasteiger charge is 2.04. The standard InChI is InChI=1S/C19H21N3O/c1-15(2)10-11-20-17-8-9-18-12-19(21-22(18)13-17)23-14-16-6-4-3-5-7-16/h3-9,12-13,20H,1,10-11,14H2,2H3. The van der Waals surface area contributed by atoms with Crippen molar-refractivity contribution in [1.29, 1.82) is 0 Å². The predicted molar refractivity (Wildman–Crippen MR) is 93.9 cm³/mol. The SMILES string of the molecule is C=C(C)CCNc1ccc2cc(OCc3ccccc3)nn2c1. The largest absolute Gasteiger partial charge is 0.472 e. The Bertz CT molecular complexity index is 793. The Balaban J connectivity index is 1.65. The van der Waals surface area contributed by atoms with Crippen molar-refractivity contribution in [2.45, 2.75) is 20.0 Å². The first-order valence-electron chi connectivity index (χ1n) is 7.75. The second kappa shape index (κ2) is 7.01. The lowest BCUT2D eigenvalue weighted by Gasteiger charge is -2.06. The van der Waals surface area contributed by atoms with Crippen molar-refractivity contribution < 1.29 is 4.74 Å². The summed E-state index contributed by atoms with van der Waals surface area (Å²) >= 11 is 0. The summed E-state index contributed by atoms with van der Waals surface area (Å²) in [5.41, 5.74) is 4.36. The number of pyridine rings is 1. The van der Waals surface area contributed by atoms with E-state index in [0.29, 0.717) is 12.5 Å². The van der Waals surface area contributed by atoms with E-state index in [-0.39, 0.29) is 0 Å². The fourth-order valence-electron chi connectivity index (χ4n) is 2.29. The van der Waals surface area contributed by atoms with Gasteiger partial charge in [-0.05, 0) is 31.0 Å². The van der Waals surface area contributed by atoms with E-state index in [2.05, 4.69) is 23.1 Å². The van der Waals surface area contributed by atoms with Gasteiger partial charge in [-0.3, -0.25) is 0 Å². The van der Waals surface area contributed by atoms with Crippen molar-refractivity contribution in [3.63, 3.8) is 0 Å². The molecule has 0 radical (unpaired) electrons. The number of rotatable bonds is 7. The van der Waals surface area contributed by atoms with Crippen LogP contribution in [0.25, 0.3) is 5.52 Å². The first-order valence-corrected chi connectivity index (χ1v) is 7.75. The Hall–Kier alpha value is -2.75. The second-order valence-electron chi connectivity index (χ2n) is 5.68. The smallest absolute Gasteiger partial charge is 0.234 e. The lowest BCUT2D eigenvalue weighted by Crippen LogP contribution is -2.02. The molecule has 2 heterocycles. The third-order valence-corrected chi connectivity index (χ3v) is 3.55. The number of ether oxygens (including phenoxy) is 1. The number of hydrogen-bond acceptors (Lipinski definition) is 3. The van der Waals surface area contributed by atoms with Crippen LogP contribution in [0.15, 0.2) is 66.9 Å². The zero-order valence-corrected chi connectivity index (χ0v) is 13.3. The van der Waals surface area contributed by atoms with Crippen LogP contribution in [0.2, 0.25) is 0 Å². The molecule has 1 N–H and O–H groups in total. The van der Waals surface area contributed by atoms with Gasteiger partial charge in [-0.15, -0.1) is 11.7 Å². The van der Waals surface area contributed by atoms with Gasteiger partial charge in [0.25, 0.3) is 0 Å². The number of nitrogens with zero attached hydrogens (tertiary/aromatic N) is 2. The van der Waals surface area contributed by atoms with E-state index in [0.717, 1.165) is 29.7 Å². The van der Waals surface area contributed by atoms with Gasteiger partial charge < -0.3 is 10.1 Å². The van der Waals surface area contributed by atoms with Crippen molar-refractivity contribution in [2.75, 3.05) is 11.9 Å². The number of benzene rings is 1. The highest BCUT2D eigenvalue weighted by Crippen LogP contribution is 2.17. The van der Waals surface area contributed by atoms with E-state index in [9.17, 15) is 0 Å². The Morgan fingerprint density at radius 2 is 2.04 bits per heavy atom. The minimum Gasteiger partial charge on any atom is -0.472 e. The van der Waals surface area contributed by atoms with Gasteiger partial charge in [-0.25, -0.2) is 4.52 Å². The molecule has 0 saturated heterocycles. The molecule has 0 atom stereocenters. The van der Waals surface area contributed by atoms with Crippen LogP contribution in [0.3, 0.4) is 0 Å². The molecular formula is C19H21N3O. The molecule has 0 aliphatic carbocycles. The van der Waals surface area contributed by atoms with E-state index in [1.165, 1.54) is 5.57 Å². The van der Waals surface area contributed by atoms with Crippen LogP contribution in [0.1, 0.15) is 18.9 Å². The van der Waals surface area contributed by atoms with Gasteiger partial charge >= 0.3 is 0 Å². The van der Waals surface area contributed by atoms with E-state index in [1.54, 1.807) is 0 Å².